The first-order valence-corrected chi connectivity index (χ1v) is 10.4. The lowest BCUT2D eigenvalue weighted by atomic mass is 10.2. The van der Waals surface area contributed by atoms with Crippen LogP contribution in [0.3, 0.4) is 0 Å². The van der Waals surface area contributed by atoms with Crippen molar-refractivity contribution in [3.8, 4) is 11.5 Å². The number of methoxy groups -OCH3 is 1. The number of benzene rings is 1. The van der Waals surface area contributed by atoms with E-state index < -0.39 is 0 Å². The van der Waals surface area contributed by atoms with E-state index in [2.05, 4.69) is 20.6 Å². The second-order valence-electron chi connectivity index (χ2n) is 6.14. The molecule has 2 heterocycles. The number of pyridine rings is 1. The van der Waals surface area contributed by atoms with Crippen LogP contribution in [0.4, 0.5) is 0 Å². The highest BCUT2D eigenvalue weighted by Crippen LogP contribution is 2.27. The molecule has 156 valence electrons. The van der Waals surface area contributed by atoms with E-state index in [1.165, 1.54) is 0 Å². The summed E-state index contributed by atoms with van der Waals surface area (Å²) in [5.74, 6) is 1.86. The molecule has 0 radical (unpaired) electrons. The first-order chi connectivity index (χ1) is 14.7. The molecule has 2 aromatic heterocycles. The second kappa shape index (κ2) is 11.6. The molecule has 1 amide bonds. The predicted octanol–water partition coefficient (Wildman–Crippen LogP) is 3.35. The minimum absolute atomic E-state index is 0.128. The summed E-state index contributed by atoms with van der Waals surface area (Å²) in [4.78, 5) is 16.2. The van der Waals surface area contributed by atoms with Gasteiger partial charge in [0.1, 0.15) is 0 Å². The third-order valence-electron chi connectivity index (χ3n) is 3.94. The molecular formula is C21H23N5O3S. The number of amides is 1. The summed E-state index contributed by atoms with van der Waals surface area (Å²) >= 11 is 1.63. The van der Waals surface area contributed by atoms with Gasteiger partial charge in [0, 0.05) is 25.0 Å². The molecule has 9 heteroatoms. The van der Waals surface area contributed by atoms with Crippen LogP contribution in [-0.4, -0.2) is 39.7 Å². The largest absolute Gasteiger partial charge is 0.493 e. The lowest BCUT2D eigenvalue weighted by molar-refractivity contribution is -0.121. The number of hydrogen-bond donors (Lipinski definition) is 1. The number of hydrazone groups is 1. The van der Waals surface area contributed by atoms with Gasteiger partial charge in [-0.3, -0.25) is 4.79 Å². The van der Waals surface area contributed by atoms with Crippen LogP contribution in [0, 0.1) is 0 Å². The van der Waals surface area contributed by atoms with E-state index in [1.807, 2.05) is 36.5 Å². The van der Waals surface area contributed by atoms with E-state index in [0.29, 0.717) is 17.9 Å². The molecule has 30 heavy (non-hydrogen) atoms. The van der Waals surface area contributed by atoms with Gasteiger partial charge < -0.3 is 9.47 Å². The van der Waals surface area contributed by atoms with E-state index in [9.17, 15) is 4.79 Å². The Bertz CT molecular complexity index is 949. The molecule has 1 aromatic carbocycles. The molecule has 3 rings (SSSR count). The van der Waals surface area contributed by atoms with E-state index in [1.54, 1.807) is 54.3 Å². The van der Waals surface area contributed by atoms with Gasteiger partial charge in [0.25, 0.3) is 0 Å². The summed E-state index contributed by atoms with van der Waals surface area (Å²) < 4.78 is 12.7. The fraction of sp³-hybridized carbons (Fsp3) is 0.238. The fourth-order valence-electron chi connectivity index (χ4n) is 2.48. The maximum Gasteiger partial charge on any atom is 0.240 e. The lowest BCUT2D eigenvalue weighted by Gasteiger charge is -2.11. The molecule has 0 aliphatic carbocycles. The molecule has 0 saturated heterocycles. The average Bonchev–Trinajstić information content (AvgIpc) is 3.30. The van der Waals surface area contributed by atoms with Gasteiger partial charge >= 0.3 is 0 Å². The number of aromatic nitrogens is 3. The van der Waals surface area contributed by atoms with Crippen LogP contribution in [-0.2, 0) is 11.5 Å². The van der Waals surface area contributed by atoms with Gasteiger partial charge in [-0.2, -0.15) is 10.2 Å². The van der Waals surface area contributed by atoms with Crippen molar-refractivity contribution < 1.29 is 14.3 Å². The topological polar surface area (TPSA) is 90.6 Å². The minimum Gasteiger partial charge on any atom is -0.493 e. The van der Waals surface area contributed by atoms with Crippen LogP contribution >= 0.6 is 11.8 Å². The standard InChI is InChI=1S/C21H23N5O3S/c1-28-18-9-8-17(14-19(18)29-16-26-12-5-11-24-26)15-23-25-20(27)6-4-13-30-21-7-2-3-10-22-21/h2-3,5,7-12,14-15H,4,6,13,16H2,1H3,(H,25,27)/b23-15+. The molecule has 0 saturated carbocycles. The second-order valence-corrected chi connectivity index (χ2v) is 7.26. The van der Waals surface area contributed by atoms with Gasteiger partial charge in [-0.15, -0.1) is 11.8 Å². The summed E-state index contributed by atoms with van der Waals surface area (Å²) in [6.45, 7) is 0.261. The number of carbonyl (C=O) groups is 1. The van der Waals surface area contributed by atoms with Crippen molar-refractivity contribution in [1.82, 2.24) is 20.2 Å². The predicted molar refractivity (Wildman–Crippen MR) is 116 cm³/mol. The number of thioether (sulfide) groups is 1. The molecule has 0 bridgehead atoms. The Balaban J connectivity index is 1.44. The Morgan fingerprint density at radius 1 is 1.23 bits per heavy atom. The molecule has 0 aliphatic heterocycles. The lowest BCUT2D eigenvalue weighted by Crippen LogP contribution is -2.17. The van der Waals surface area contributed by atoms with Gasteiger partial charge in [0.05, 0.1) is 18.4 Å². The average molecular weight is 426 g/mol. The summed E-state index contributed by atoms with van der Waals surface area (Å²) in [7, 11) is 1.58. The Kier molecular flexibility index (Phi) is 8.28. The normalized spacial score (nSPS) is 10.8. The molecule has 0 fully saturated rings. The number of rotatable bonds is 11. The number of hydrogen-bond acceptors (Lipinski definition) is 7. The van der Waals surface area contributed by atoms with Crippen LogP contribution in [0.5, 0.6) is 11.5 Å². The van der Waals surface area contributed by atoms with Crippen molar-refractivity contribution in [3.63, 3.8) is 0 Å². The third kappa shape index (κ3) is 6.93. The summed E-state index contributed by atoms with van der Waals surface area (Å²) in [5, 5.41) is 9.08. The Labute approximate surface area is 179 Å². The third-order valence-corrected chi connectivity index (χ3v) is 4.97. The summed E-state index contributed by atoms with van der Waals surface area (Å²) in [5.41, 5.74) is 3.33. The van der Waals surface area contributed by atoms with Crippen molar-refractivity contribution >= 4 is 23.9 Å². The van der Waals surface area contributed by atoms with Crippen LogP contribution in [0.2, 0.25) is 0 Å². The monoisotopic (exact) mass is 425 g/mol. The maximum atomic E-state index is 11.9. The van der Waals surface area contributed by atoms with Gasteiger partial charge in [-0.05, 0) is 54.1 Å². The number of ether oxygens (including phenoxy) is 2. The van der Waals surface area contributed by atoms with Crippen molar-refractivity contribution in [3.05, 3.63) is 66.6 Å². The maximum absolute atomic E-state index is 11.9. The quantitative estimate of drug-likeness (QED) is 0.219. The van der Waals surface area contributed by atoms with E-state index in [-0.39, 0.29) is 12.6 Å². The number of carbonyl (C=O) groups excluding carboxylic acids is 1. The molecule has 3 aromatic rings. The van der Waals surface area contributed by atoms with Crippen molar-refractivity contribution in [1.29, 1.82) is 0 Å². The summed E-state index contributed by atoms with van der Waals surface area (Å²) in [6, 6.07) is 13.0. The van der Waals surface area contributed by atoms with Crippen molar-refractivity contribution in [2.75, 3.05) is 12.9 Å². The zero-order valence-corrected chi connectivity index (χ0v) is 17.4. The zero-order valence-electron chi connectivity index (χ0n) is 16.6. The molecule has 0 unspecified atom stereocenters. The Hall–Kier alpha value is -3.33. The first-order valence-electron chi connectivity index (χ1n) is 9.38. The van der Waals surface area contributed by atoms with E-state index in [4.69, 9.17) is 9.47 Å². The van der Waals surface area contributed by atoms with Crippen molar-refractivity contribution in [2.45, 2.75) is 24.6 Å². The smallest absolute Gasteiger partial charge is 0.240 e. The molecular weight excluding hydrogens is 402 g/mol. The van der Waals surface area contributed by atoms with Gasteiger partial charge in [-0.1, -0.05) is 6.07 Å². The van der Waals surface area contributed by atoms with Crippen LogP contribution in [0.25, 0.3) is 0 Å². The van der Waals surface area contributed by atoms with Crippen LogP contribution in [0.15, 0.2) is 71.2 Å². The van der Waals surface area contributed by atoms with Gasteiger partial charge in [-0.25, -0.2) is 15.1 Å². The highest BCUT2D eigenvalue weighted by atomic mass is 32.2. The number of nitrogens with one attached hydrogen (secondary N) is 1. The van der Waals surface area contributed by atoms with Crippen molar-refractivity contribution in [2.24, 2.45) is 5.10 Å². The van der Waals surface area contributed by atoms with E-state index in [0.717, 1.165) is 22.8 Å². The van der Waals surface area contributed by atoms with Gasteiger partial charge in [0.2, 0.25) is 5.91 Å². The SMILES string of the molecule is COc1ccc(/C=N/NC(=O)CCCSc2ccccn2)cc1OCn1cccn1. The Morgan fingerprint density at radius 3 is 2.93 bits per heavy atom. The first kappa shape index (κ1) is 21.4. The van der Waals surface area contributed by atoms with Gasteiger partial charge in [0.15, 0.2) is 18.2 Å². The zero-order chi connectivity index (χ0) is 21.0. The van der Waals surface area contributed by atoms with Crippen LogP contribution < -0.4 is 14.9 Å². The molecule has 0 aliphatic rings. The summed E-state index contributed by atoms with van der Waals surface area (Å²) in [6.07, 6.45) is 7.97. The fourth-order valence-corrected chi connectivity index (χ4v) is 3.28. The Morgan fingerprint density at radius 2 is 2.17 bits per heavy atom. The highest BCUT2D eigenvalue weighted by molar-refractivity contribution is 7.99. The van der Waals surface area contributed by atoms with E-state index >= 15 is 0 Å². The molecule has 0 spiro atoms. The molecule has 0 atom stereocenters. The number of nitrogens with zero attached hydrogens (tertiary/aromatic N) is 4. The molecule has 8 nitrogen and oxygen atoms in total. The van der Waals surface area contributed by atoms with Crippen LogP contribution in [0.1, 0.15) is 18.4 Å². The minimum atomic E-state index is -0.128. The molecule has 1 N–H and O–H groups in total. The highest BCUT2D eigenvalue weighted by Gasteiger charge is 2.06.